The van der Waals surface area contributed by atoms with Crippen molar-refractivity contribution in [1.82, 2.24) is 0 Å². The molecule has 6 nitrogen and oxygen atoms in total. The van der Waals surface area contributed by atoms with Crippen LogP contribution in [0.4, 0.5) is 0 Å². The van der Waals surface area contributed by atoms with Crippen molar-refractivity contribution >= 4 is 16.1 Å². The maximum atomic E-state index is 10.8. The molecule has 14 heavy (non-hydrogen) atoms. The van der Waals surface area contributed by atoms with Crippen molar-refractivity contribution in [3.8, 4) is 0 Å². The fraction of sp³-hybridized carbons (Fsp3) is 0.857. The number of esters is 1. The number of rotatable bonds is 4. The molecule has 0 spiro atoms. The molecule has 0 bridgehead atoms. The Labute approximate surface area is 82.5 Å². The van der Waals surface area contributed by atoms with E-state index in [2.05, 4.69) is 4.18 Å². The van der Waals surface area contributed by atoms with Crippen LogP contribution in [-0.2, 0) is 23.8 Å². The normalized spacial score (nSPS) is 27.7. The van der Waals surface area contributed by atoms with Crippen LogP contribution in [0.2, 0.25) is 0 Å². The van der Waals surface area contributed by atoms with Gasteiger partial charge in [-0.25, -0.2) is 0 Å². The fourth-order valence-electron chi connectivity index (χ4n) is 1.19. The summed E-state index contributed by atoms with van der Waals surface area (Å²) in [6, 6.07) is -0.585. The molecule has 0 amide bonds. The summed E-state index contributed by atoms with van der Waals surface area (Å²) in [5.41, 5.74) is 5.39. The fourth-order valence-corrected chi connectivity index (χ4v) is 1.59. The highest BCUT2D eigenvalue weighted by Crippen LogP contribution is 2.16. The number of carbonyl (C=O) groups excluding carboxylic acids is 1. The van der Waals surface area contributed by atoms with E-state index in [0.29, 0.717) is 12.8 Å². The van der Waals surface area contributed by atoms with Crippen LogP contribution in [0.5, 0.6) is 0 Å². The summed E-state index contributed by atoms with van der Waals surface area (Å²) in [5, 5.41) is 0. The van der Waals surface area contributed by atoms with E-state index in [0.717, 1.165) is 6.26 Å². The van der Waals surface area contributed by atoms with E-state index in [9.17, 15) is 13.2 Å². The second kappa shape index (κ2) is 4.24. The van der Waals surface area contributed by atoms with E-state index in [4.69, 9.17) is 10.5 Å². The molecule has 2 N–H and O–H groups in total. The molecule has 0 aromatic carbocycles. The van der Waals surface area contributed by atoms with Crippen molar-refractivity contribution in [3.05, 3.63) is 0 Å². The molecule has 0 aromatic heterocycles. The second-order valence-corrected chi connectivity index (χ2v) is 4.86. The highest BCUT2D eigenvalue weighted by molar-refractivity contribution is 7.85. The SMILES string of the molecule is CS(=O)(=O)OCC[C@H]1C[C@@H](N)C(=O)O1. The minimum atomic E-state index is -3.41. The molecule has 1 aliphatic rings. The van der Waals surface area contributed by atoms with Crippen LogP contribution in [-0.4, -0.2) is 39.4 Å². The lowest BCUT2D eigenvalue weighted by atomic mass is 10.1. The lowest BCUT2D eigenvalue weighted by Crippen LogP contribution is -2.24. The Kier molecular flexibility index (Phi) is 3.46. The molecule has 1 heterocycles. The van der Waals surface area contributed by atoms with Gasteiger partial charge >= 0.3 is 5.97 Å². The molecule has 0 aliphatic carbocycles. The zero-order chi connectivity index (χ0) is 10.8. The maximum Gasteiger partial charge on any atom is 0.323 e. The van der Waals surface area contributed by atoms with Crippen LogP contribution >= 0.6 is 0 Å². The Bertz CT molecular complexity index is 312. The largest absolute Gasteiger partial charge is 0.461 e. The first kappa shape index (κ1) is 11.4. The van der Waals surface area contributed by atoms with Gasteiger partial charge in [-0.15, -0.1) is 0 Å². The van der Waals surface area contributed by atoms with E-state index >= 15 is 0 Å². The lowest BCUT2D eigenvalue weighted by molar-refractivity contribution is -0.142. The van der Waals surface area contributed by atoms with Gasteiger partial charge in [-0.1, -0.05) is 0 Å². The van der Waals surface area contributed by atoms with Crippen LogP contribution in [0.3, 0.4) is 0 Å². The van der Waals surface area contributed by atoms with E-state index in [1.807, 2.05) is 0 Å². The van der Waals surface area contributed by atoms with Crippen molar-refractivity contribution in [1.29, 1.82) is 0 Å². The Morgan fingerprint density at radius 1 is 1.64 bits per heavy atom. The predicted octanol–water partition coefficient (Wildman–Crippen LogP) is -1.00. The van der Waals surface area contributed by atoms with Crippen molar-refractivity contribution < 1.29 is 22.1 Å². The Morgan fingerprint density at radius 3 is 2.71 bits per heavy atom. The number of hydrogen-bond donors (Lipinski definition) is 1. The highest BCUT2D eigenvalue weighted by Gasteiger charge is 2.31. The molecule has 82 valence electrons. The van der Waals surface area contributed by atoms with Gasteiger partial charge in [0.1, 0.15) is 12.1 Å². The summed E-state index contributed by atoms with van der Waals surface area (Å²) in [7, 11) is -3.41. The third kappa shape index (κ3) is 3.60. The number of ether oxygens (including phenoxy) is 1. The van der Waals surface area contributed by atoms with Gasteiger partial charge in [-0.3, -0.25) is 8.98 Å². The zero-order valence-corrected chi connectivity index (χ0v) is 8.62. The van der Waals surface area contributed by atoms with Gasteiger partial charge in [0, 0.05) is 12.8 Å². The average Bonchev–Trinajstić information content (AvgIpc) is 2.28. The Balaban J connectivity index is 2.24. The highest BCUT2D eigenvalue weighted by atomic mass is 32.2. The molecular formula is C7H13NO5S. The average molecular weight is 223 g/mol. The molecule has 7 heteroatoms. The van der Waals surface area contributed by atoms with Gasteiger partial charge in [0.25, 0.3) is 10.1 Å². The monoisotopic (exact) mass is 223 g/mol. The second-order valence-electron chi connectivity index (χ2n) is 3.22. The third-order valence-electron chi connectivity index (χ3n) is 1.84. The van der Waals surface area contributed by atoms with Crippen LogP contribution < -0.4 is 5.73 Å². The standard InChI is InChI=1S/C7H13NO5S/c1-14(10,11)12-3-2-5-4-6(8)7(9)13-5/h5-6H,2-4,8H2,1H3/t5-,6+/m0/s1. The molecule has 0 aromatic rings. The Hall–Kier alpha value is -0.660. The van der Waals surface area contributed by atoms with Gasteiger partial charge in [-0.2, -0.15) is 8.42 Å². The zero-order valence-electron chi connectivity index (χ0n) is 7.80. The van der Waals surface area contributed by atoms with Crippen molar-refractivity contribution in [2.24, 2.45) is 5.73 Å². The van der Waals surface area contributed by atoms with E-state index in [-0.39, 0.29) is 12.7 Å². The maximum absolute atomic E-state index is 10.8. The number of hydrogen-bond acceptors (Lipinski definition) is 6. The van der Waals surface area contributed by atoms with E-state index < -0.39 is 22.1 Å². The summed E-state index contributed by atoms with van der Waals surface area (Å²) in [4.78, 5) is 10.8. The van der Waals surface area contributed by atoms with Crippen LogP contribution in [0.1, 0.15) is 12.8 Å². The van der Waals surface area contributed by atoms with Gasteiger partial charge in [0.2, 0.25) is 0 Å². The smallest absolute Gasteiger partial charge is 0.323 e. The number of cyclic esters (lactones) is 1. The van der Waals surface area contributed by atoms with Crippen LogP contribution in [0.25, 0.3) is 0 Å². The molecule has 0 saturated carbocycles. The van der Waals surface area contributed by atoms with Gasteiger partial charge in [-0.05, 0) is 0 Å². The molecule has 2 atom stereocenters. The molecule has 1 saturated heterocycles. The number of nitrogens with two attached hydrogens (primary N) is 1. The number of carbonyl (C=O) groups is 1. The first-order valence-corrected chi connectivity index (χ1v) is 6.00. The van der Waals surface area contributed by atoms with Crippen molar-refractivity contribution in [3.63, 3.8) is 0 Å². The minimum Gasteiger partial charge on any atom is -0.461 e. The molecule has 0 unspecified atom stereocenters. The van der Waals surface area contributed by atoms with Gasteiger partial charge in [0.15, 0.2) is 0 Å². The molecule has 1 fully saturated rings. The summed E-state index contributed by atoms with van der Waals surface area (Å²) in [5.74, 6) is -0.436. The summed E-state index contributed by atoms with van der Waals surface area (Å²) >= 11 is 0. The third-order valence-corrected chi connectivity index (χ3v) is 2.43. The van der Waals surface area contributed by atoms with Gasteiger partial charge < -0.3 is 10.5 Å². The van der Waals surface area contributed by atoms with Crippen LogP contribution in [0, 0.1) is 0 Å². The summed E-state index contributed by atoms with van der Waals surface area (Å²) in [6.07, 6.45) is 1.43. The predicted molar refractivity (Wildman–Crippen MR) is 47.9 cm³/mol. The molecule has 0 radical (unpaired) electrons. The Morgan fingerprint density at radius 2 is 2.29 bits per heavy atom. The summed E-state index contributed by atoms with van der Waals surface area (Å²) in [6.45, 7) is 0.0174. The first-order valence-electron chi connectivity index (χ1n) is 4.19. The molecular weight excluding hydrogens is 210 g/mol. The quantitative estimate of drug-likeness (QED) is 0.485. The summed E-state index contributed by atoms with van der Waals surface area (Å²) < 4.78 is 30.5. The van der Waals surface area contributed by atoms with Crippen molar-refractivity contribution in [2.75, 3.05) is 12.9 Å². The van der Waals surface area contributed by atoms with E-state index in [1.165, 1.54) is 0 Å². The van der Waals surface area contributed by atoms with Gasteiger partial charge in [0.05, 0.1) is 12.9 Å². The topological polar surface area (TPSA) is 95.7 Å². The van der Waals surface area contributed by atoms with Crippen molar-refractivity contribution in [2.45, 2.75) is 25.0 Å². The first-order chi connectivity index (χ1) is 6.38. The molecule has 1 aliphatic heterocycles. The lowest BCUT2D eigenvalue weighted by Gasteiger charge is -2.07. The van der Waals surface area contributed by atoms with E-state index in [1.54, 1.807) is 0 Å². The van der Waals surface area contributed by atoms with Crippen LogP contribution in [0.15, 0.2) is 0 Å². The molecule has 1 rings (SSSR count). The minimum absolute atomic E-state index is 0.0174.